The lowest BCUT2D eigenvalue weighted by atomic mass is 9.93. The van der Waals surface area contributed by atoms with Crippen LogP contribution in [-0.4, -0.2) is 83.7 Å². The molecule has 2 atom stereocenters. The molecule has 0 radical (unpaired) electrons. The van der Waals surface area contributed by atoms with Crippen molar-refractivity contribution in [1.29, 1.82) is 0 Å². The number of ether oxygens (including phenoxy) is 3. The molecule has 62 heavy (non-hydrogen) atoms. The van der Waals surface area contributed by atoms with Gasteiger partial charge in [0.1, 0.15) is 36.2 Å². The number of hydrogen-bond donors (Lipinski definition) is 6. The monoisotopic (exact) mass is 883 g/mol. The lowest BCUT2D eigenvalue weighted by Crippen LogP contribution is -2.28. The summed E-state index contributed by atoms with van der Waals surface area (Å²) >= 11 is 11.6. The van der Waals surface area contributed by atoms with E-state index in [1.54, 1.807) is 67.1 Å². The van der Waals surface area contributed by atoms with Crippen LogP contribution in [0, 0.1) is 11.8 Å². The summed E-state index contributed by atoms with van der Waals surface area (Å²) in [4.78, 5) is 24.5. The molecule has 0 saturated heterocycles. The van der Waals surface area contributed by atoms with Crippen LogP contribution in [-0.2, 0) is 6.42 Å². The average molecular weight is 885 g/mol. The first kappa shape index (κ1) is 45.7. The lowest BCUT2D eigenvalue weighted by molar-refractivity contribution is 0.126. The van der Waals surface area contributed by atoms with E-state index in [0.717, 1.165) is 50.8 Å². The van der Waals surface area contributed by atoms with Crippen molar-refractivity contribution in [2.75, 3.05) is 42.3 Å². The summed E-state index contributed by atoms with van der Waals surface area (Å²) in [5, 5.41) is 38.4. The minimum absolute atomic E-state index is 0.0182. The van der Waals surface area contributed by atoms with Crippen LogP contribution in [0.3, 0.4) is 0 Å². The fourth-order valence-corrected chi connectivity index (χ4v) is 6.58. The summed E-state index contributed by atoms with van der Waals surface area (Å²) in [7, 11) is 0. The zero-order chi connectivity index (χ0) is 43.5. The van der Waals surface area contributed by atoms with Crippen LogP contribution >= 0.6 is 23.2 Å². The predicted octanol–water partition coefficient (Wildman–Crippen LogP) is 8.84. The van der Waals surface area contributed by atoms with E-state index >= 15 is 0 Å². The second-order valence-electron chi connectivity index (χ2n) is 14.5. The second kappa shape index (κ2) is 24.0. The molecule has 3 aromatic carbocycles. The maximum Gasteiger partial charge on any atom is 0.187 e. The molecule has 0 spiro atoms. The number of aliphatic hydroxyl groups is 3. The molecule has 6 N–H and O–H groups in total. The van der Waals surface area contributed by atoms with Crippen molar-refractivity contribution in [3.63, 3.8) is 0 Å². The largest absolute Gasteiger partial charge is 0.452 e. The number of benzene rings is 3. The van der Waals surface area contributed by atoms with E-state index in [-0.39, 0.29) is 19.3 Å². The summed E-state index contributed by atoms with van der Waals surface area (Å²) in [5.41, 5.74) is 1.28. The highest BCUT2D eigenvalue weighted by atomic mass is 35.5. The topological polar surface area (TPSA) is 202 Å². The summed E-state index contributed by atoms with van der Waals surface area (Å²) in [5.74, 6) is 6.61. The fraction of sp³-hybridized carbons (Fsp3) is 0.333. The van der Waals surface area contributed by atoms with Gasteiger partial charge in [-0.25, -0.2) is 29.9 Å². The first-order chi connectivity index (χ1) is 30.3. The third-order valence-corrected chi connectivity index (χ3v) is 10.5. The number of halogens is 2. The number of rotatable bonds is 16. The van der Waals surface area contributed by atoms with Crippen molar-refractivity contribution in [1.82, 2.24) is 29.9 Å². The zero-order valence-electron chi connectivity index (χ0n) is 34.3. The van der Waals surface area contributed by atoms with E-state index in [0.29, 0.717) is 80.7 Å². The second-order valence-corrected chi connectivity index (χ2v) is 15.4. The maximum atomic E-state index is 9.61. The smallest absolute Gasteiger partial charge is 0.187 e. The lowest BCUT2D eigenvalue weighted by Gasteiger charge is -2.27. The minimum atomic E-state index is -0.161. The van der Waals surface area contributed by atoms with Gasteiger partial charge in [-0.1, -0.05) is 42.3 Å². The average Bonchev–Trinajstić information content (AvgIpc) is 4.08. The summed E-state index contributed by atoms with van der Waals surface area (Å²) < 4.78 is 17.3. The summed E-state index contributed by atoms with van der Waals surface area (Å²) in [6.45, 7) is 3.58. The van der Waals surface area contributed by atoms with Gasteiger partial charge in [0.05, 0.1) is 31.3 Å². The van der Waals surface area contributed by atoms with Gasteiger partial charge in [-0.15, -0.1) is 0 Å². The zero-order valence-corrected chi connectivity index (χ0v) is 35.8. The highest BCUT2D eigenvalue weighted by Gasteiger charge is 2.36. The van der Waals surface area contributed by atoms with Gasteiger partial charge in [-0.05, 0) is 117 Å². The Morgan fingerprint density at radius 1 is 0.613 bits per heavy atom. The highest BCUT2D eigenvalue weighted by Crippen LogP contribution is 2.38. The van der Waals surface area contributed by atoms with Gasteiger partial charge in [0.15, 0.2) is 34.7 Å². The molecule has 6 aromatic rings. The van der Waals surface area contributed by atoms with Crippen LogP contribution in [0.15, 0.2) is 110 Å². The van der Waals surface area contributed by atoms with Crippen molar-refractivity contribution < 1.29 is 29.5 Å². The van der Waals surface area contributed by atoms with E-state index in [1.165, 1.54) is 24.5 Å². The summed E-state index contributed by atoms with van der Waals surface area (Å²) in [6.07, 6.45) is 14.7. The molecule has 0 bridgehead atoms. The van der Waals surface area contributed by atoms with Gasteiger partial charge in [-0.3, -0.25) is 0 Å². The van der Waals surface area contributed by atoms with Crippen molar-refractivity contribution in [3.8, 4) is 34.5 Å². The van der Waals surface area contributed by atoms with E-state index in [9.17, 15) is 5.11 Å². The van der Waals surface area contributed by atoms with Gasteiger partial charge >= 0.3 is 0 Å². The first-order valence-electron chi connectivity index (χ1n) is 20.5. The molecule has 2 aliphatic rings. The van der Waals surface area contributed by atoms with Crippen molar-refractivity contribution in [2.24, 2.45) is 11.8 Å². The molecule has 0 aliphatic heterocycles. The van der Waals surface area contributed by atoms with Crippen LogP contribution in [0.5, 0.6) is 34.5 Å². The normalized spacial score (nSPS) is 17.5. The minimum Gasteiger partial charge on any atom is -0.452 e. The Kier molecular flexibility index (Phi) is 17.7. The van der Waals surface area contributed by atoms with Crippen molar-refractivity contribution in [3.05, 3.63) is 126 Å². The van der Waals surface area contributed by atoms with Crippen LogP contribution in [0.2, 0.25) is 10.0 Å². The third-order valence-electron chi connectivity index (χ3n) is 9.96. The molecule has 0 amide bonds. The molecular weight excluding hydrogens is 833 g/mol. The molecular formula is C45H51Cl2N9O6. The van der Waals surface area contributed by atoms with Crippen molar-refractivity contribution >= 4 is 40.7 Å². The Hall–Kier alpha value is -5.84. The molecule has 17 heteroatoms. The van der Waals surface area contributed by atoms with E-state index in [1.807, 2.05) is 12.1 Å². The number of nitrogens with one attached hydrogen (secondary N) is 3. The quantitative estimate of drug-likeness (QED) is 0.0538. The van der Waals surface area contributed by atoms with E-state index in [4.69, 9.17) is 47.6 Å². The molecule has 2 unspecified atom stereocenters. The van der Waals surface area contributed by atoms with Gasteiger partial charge in [0.2, 0.25) is 0 Å². The molecule has 2 aliphatic carbocycles. The molecule has 8 rings (SSSR count). The first-order valence-corrected chi connectivity index (χ1v) is 21.2. The maximum absolute atomic E-state index is 9.61. The SMILES string of the molecule is CCc1ccc(Oc2cncnc2NC2CCC(O)CC2)cc1.OCC1CC1CNc1ncncc1Oc1ccc(Cl)cc1.OCCNc1ncncc1Oc1ccc(Cl)cc1. The van der Waals surface area contributed by atoms with E-state index in [2.05, 4.69) is 64.9 Å². The third kappa shape index (κ3) is 14.7. The highest BCUT2D eigenvalue weighted by molar-refractivity contribution is 6.30. The number of aromatic nitrogens is 6. The Labute approximate surface area is 370 Å². The Bertz CT molecular complexity index is 2240. The summed E-state index contributed by atoms with van der Waals surface area (Å²) in [6, 6.07) is 22.5. The molecule has 2 fully saturated rings. The van der Waals surface area contributed by atoms with Crippen LogP contribution < -0.4 is 30.2 Å². The van der Waals surface area contributed by atoms with E-state index < -0.39 is 0 Å². The molecule has 15 nitrogen and oxygen atoms in total. The number of aliphatic hydroxyl groups excluding tert-OH is 3. The Morgan fingerprint density at radius 2 is 1.08 bits per heavy atom. The molecule has 3 aromatic heterocycles. The van der Waals surface area contributed by atoms with Gasteiger partial charge in [0, 0.05) is 35.8 Å². The van der Waals surface area contributed by atoms with Crippen LogP contribution in [0.4, 0.5) is 17.5 Å². The number of aryl methyl sites for hydroxylation is 1. The van der Waals surface area contributed by atoms with Crippen molar-refractivity contribution in [2.45, 2.75) is 57.6 Å². The number of hydrogen-bond acceptors (Lipinski definition) is 15. The van der Waals surface area contributed by atoms with Gasteiger partial charge < -0.3 is 45.5 Å². The van der Waals surface area contributed by atoms with Crippen LogP contribution in [0.25, 0.3) is 0 Å². The predicted molar refractivity (Wildman–Crippen MR) is 240 cm³/mol. The molecule has 2 saturated carbocycles. The fourth-order valence-electron chi connectivity index (χ4n) is 6.33. The number of anilines is 3. The Balaban J connectivity index is 0.000000156. The standard InChI is InChI=1S/C18H23N3O2.C15H16ClN3O2.C12H12ClN3O2/c1-2-13-3-9-16(10-4-13)23-17-11-19-12-20-18(17)21-14-5-7-15(22)8-6-14;16-12-1-3-13(4-2-12)21-14-7-17-9-19-15(14)18-6-10-5-11(10)8-20;13-9-1-3-10(4-2-9)18-11-7-14-8-16-12(11)15-5-6-17/h3-4,9-12,14-15,22H,2,5-8H2,1H3,(H,19,20,21);1-4,7,9-11,20H,5-6,8H2,(H,17,18,19);1-4,7-8,17H,5-6H2,(H,14,15,16). The molecule has 326 valence electrons. The Morgan fingerprint density at radius 3 is 1.55 bits per heavy atom. The van der Waals surface area contributed by atoms with Gasteiger partial charge in [-0.2, -0.15) is 0 Å². The van der Waals surface area contributed by atoms with Gasteiger partial charge in [0.25, 0.3) is 0 Å². The van der Waals surface area contributed by atoms with Crippen LogP contribution in [0.1, 0.15) is 44.6 Å². The molecule has 3 heterocycles. The number of nitrogens with zero attached hydrogens (tertiary/aromatic N) is 6.